The van der Waals surface area contributed by atoms with Gasteiger partial charge in [-0.1, -0.05) is 23.7 Å². The number of hydrogen-bond acceptors (Lipinski definition) is 6. The molecule has 0 spiro atoms. The highest BCUT2D eigenvalue weighted by atomic mass is 35.5. The smallest absolute Gasteiger partial charge is 0.238 e. The summed E-state index contributed by atoms with van der Waals surface area (Å²) in [5.41, 5.74) is 5.18. The maximum atomic E-state index is 5.98. The Kier molecular flexibility index (Phi) is 5.86. The number of imidazole rings is 1. The molecule has 0 unspecified atom stereocenters. The normalized spacial score (nSPS) is 11.9. The third-order valence-corrected chi connectivity index (χ3v) is 5.25. The van der Waals surface area contributed by atoms with Crippen LogP contribution in [0.15, 0.2) is 55.0 Å². The molecular formula is C23H23ClN6O. The molecule has 1 atom stereocenters. The highest BCUT2D eigenvalue weighted by Crippen LogP contribution is 2.27. The lowest BCUT2D eigenvalue weighted by Gasteiger charge is -2.16. The van der Waals surface area contributed by atoms with Crippen LogP contribution in [0.4, 0.5) is 5.82 Å². The van der Waals surface area contributed by atoms with Crippen molar-refractivity contribution in [3.8, 4) is 23.0 Å². The van der Waals surface area contributed by atoms with Gasteiger partial charge in [-0.3, -0.25) is 0 Å². The summed E-state index contributed by atoms with van der Waals surface area (Å²) < 4.78 is 7.39. The number of benzene rings is 1. The average Bonchev–Trinajstić information content (AvgIpc) is 3.21. The van der Waals surface area contributed by atoms with E-state index in [4.69, 9.17) is 16.3 Å². The zero-order valence-corrected chi connectivity index (χ0v) is 18.6. The number of rotatable bonds is 6. The Balaban J connectivity index is 1.58. The number of aryl methyl sites for hydroxylation is 2. The molecule has 7 nitrogen and oxygen atoms in total. The second-order valence-corrected chi connectivity index (χ2v) is 7.76. The Morgan fingerprint density at radius 3 is 2.45 bits per heavy atom. The third-order valence-electron chi connectivity index (χ3n) is 4.99. The summed E-state index contributed by atoms with van der Waals surface area (Å²) in [5, 5.41) is 12.9. The molecule has 1 aromatic carbocycles. The van der Waals surface area contributed by atoms with E-state index in [1.807, 2.05) is 67.1 Å². The van der Waals surface area contributed by atoms with E-state index in [-0.39, 0.29) is 6.04 Å². The standard InChI is InChI=1S/C23H23ClN6O/c1-14-11-20(28-29-22(14)26-16(3)17-5-7-18(24)8-6-17)19-9-10-21(23(27-19)31-4)30-12-15(2)25-13-30/h5-13,16H,1-4H3,(H,26,29)/t16-/m0/s1. The molecule has 0 bridgehead atoms. The SMILES string of the molecule is COc1nc(-c2cc(C)c(N[C@@H](C)c3ccc(Cl)cc3)nn2)ccc1-n1cnc(C)c1. The van der Waals surface area contributed by atoms with Crippen LogP contribution in [0.2, 0.25) is 5.02 Å². The molecule has 4 rings (SSSR count). The molecule has 0 saturated carbocycles. The molecule has 1 N–H and O–H groups in total. The molecule has 0 amide bonds. The molecule has 0 fully saturated rings. The minimum atomic E-state index is 0.0623. The first kappa shape index (κ1) is 20.8. The van der Waals surface area contributed by atoms with Crippen molar-refractivity contribution in [2.45, 2.75) is 26.8 Å². The first-order chi connectivity index (χ1) is 14.9. The molecule has 31 heavy (non-hydrogen) atoms. The molecule has 3 aromatic heterocycles. The van der Waals surface area contributed by atoms with Gasteiger partial charge in [-0.25, -0.2) is 9.97 Å². The molecule has 158 valence electrons. The van der Waals surface area contributed by atoms with Crippen LogP contribution in [0.1, 0.15) is 29.8 Å². The Morgan fingerprint density at radius 1 is 1.03 bits per heavy atom. The van der Waals surface area contributed by atoms with Crippen LogP contribution < -0.4 is 10.1 Å². The predicted molar refractivity (Wildman–Crippen MR) is 122 cm³/mol. The summed E-state index contributed by atoms with van der Waals surface area (Å²) in [7, 11) is 1.60. The highest BCUT2D eigenvalue weighted by molar-refractivity contribution is 6.30. The fourth-order valence-corrected chi connectivity index (χ4v) is 3.39. The lowest BCUT2D eigenvalue weighted by molar-refractivity contribution is 0.396. The molecular weight excluding hydrogens is 412 g/mol. The van der Waals surface area contributed by atoms with Crippen LogP contribution >= 0.6 is 11.6 Å². The van der Waals surface area contributed by atoms with Crippen molar-refractivity contribution in [3.63, 3.8) is 0 Å². The van der Waals surface area contributed by atoms with E-state index in [1.54, 1.807) is 13.4 Å². The van der Waals surface area contributed by atoms with Gasteiger partial charge in [0.1, 0.15) is 11.4 Å². The third kappa shape index (κ3) is 4.51. The van der Waals surface area contributed by atoms with Gasteiger partial charge in [0, 0.05) is 11.2 Å². The zero-order chi connectivity index (χ0) is 22.0. The first-order valence-electron chi connectivity index (χ1n) is 9.87. The summed E-state index contributed by atoms with van der Waals surface area (Å²) in [5.74, 6) is 1.22. The highest BCUT2D eigenvalue weighted by Gasteiger charge is 2.14. The van der Waals surface area contributed by atoms with Crippen molar-refractivity contribution in [2.24, 2.45) is 0 Å². The van der Waals surface area contributed by atoms with Gasteiger partial charge in [0.25, 0.3) is 0 Å². The molecule has 0 saturated heterocycles. The van der Waals surface area contributed by atoms with Gasteiger partial charge in [-0.2, -0.15) is 0 Å². The van der Waals surface area contributed by atoms with Crippen molar-refractivity contribution < 1.29 is 4.74 Å². The van der Waals surface area contributed by atoms with Crippen LogP contribution in [0, 0.1) is 13.8 Å². The molecule has 0 aliphatic heterocycles. The van der Waals surface area contributed by atoms with E-state index in [0.717, 1.165) is 28.3 Å². The second kappa shape index (κ2) is 8.73. The number of anilines is 1. The van der Waals surface area contributed by atoms with Crippen LogP contribution in [-0.2, 0) is 0 Å². The van der Waals surface area contributed by atoms with Gasteiger partial charge >= 0.3 is 0 Å². The van der Waals surface area contributed by atoms with Crippen molar-refractivity contribution in [2.75, 3.05) is 12.4 Å². The maximum Gasteiger partial charge on any atom is 0.238 e. The average molecular weight is 435 g/mol. The van der Waals surface area contributed by atoms with Crippen molar-refractivity contribution in [1.82, 2.24) is 24.7 Å². The van der Waals surface area contributed by atoms with E-state index < -0.39 is 0 Å². The first-order valence-corrected chi connectivity index (χ1v) is 10.2. The van der Waals surface area contributed by atoms with Crippen molar-refractivity contribution >= 4 is 17.4 Å². The predicted octanol–water partition coefficient (Wildman–Crippen LogP) is 5.18. The molecule has 3 heterocycles. The van der Waals surface area contributed by atoms with Gasteiger partial charge in [-0.05, 0) is 62.2 Å². The minimum Gasteiger partial charge on any atom is -0.479 e. The molecule has 8 heteroatoms. The summed E-state index contributed by atoms with van der Waals surface area (Å²) >= 11 is 5.98. The Hall–Kier alpha value is -3.45. The summed E-state index contributed by atoms with van der Waals surface area (Å²) in [6.45, 7) is 6.00. The van der Waals surface area contributed by atoms with Crippen LogP contribution in [0.3, 0.4) is 0 Å². The van der Waals surface area contributed by atoms with Gasteiger partial charge in [0.2, 0.25) is 5.88 Å². The fraction of sp³-hybridized carbons (Fsp3) is 0.217. The quantitative estimate of drug-likeness (QED) is 0.450. The Bertz CT molecular complexity index is 1210. The van der Waals surface area contributed by atoms with E-state index in [2.05, 4.69) is 32.4 Å². The largest absolute Gasteiger partial charge is 0.479 e. The van der Waals surface area contributed by atoms with Crippen LogP contribution in [-0.4, -0.2) is 31.8 Å². The zero-order valence-electron chi connectivity index (χ0n) is 17.8. The second-order valence-electron chi connectivity index (χ2n) is 7.33. The topological polar surface area (TPSA) is 77.8 Å². The molecule has 0 aliphatic carbocycles. The van der Waals surface area contributed by atoms with Gasteiger partial charge in [0.05, 0.1) is 30.9 Å². The number of ether oxygens (including phenoxy) is 1. The molecule has 4 aromatic rings. The van der Waals surface area contributed by atoms with E-state index in [1.165, 1.54) is 0 Å². The number of halogens is 1. The fourth-order valence-electron chi connectivity index (χ4n) is 3.27. The van der Waals surface area contributed by atoms with E-state index in [0.29, 0.717) is 22.3 Å². The number of nitrogens with zero attached hydrogens (tertiary/aromatic N) is 5. The van der Waals surface area contributed by atoms with Crippen LogP contribution in [0.5, 0.6) is 5.88 Å². The number of nitrogens with one attached hydrogen (secondary N) is 1. The van der Waals surface area contributed by atoms with E-state index >= 15 is 0 Å². The number of methoxy groups -OCH3 is 1. The van der Waals surface area contributed by atoms with Gasteiger partial charge in [0.15, 0.2) is 5.82 Å². The maximum absolute atomic E-state index is 5.98. The number of hydrogen-bond donors (Lipinski definition) is 1. The van der Waals surface area contributed by atoms with Gasteiger partial charge in [-0.15, -0.1) is 10.2 Å². The lowest BCUT2D eigenvalue weighted by Crippen LogP contribution is -2.10. The number of pyridine rings is 1. The molecule has 0 radical (unpaired) electrons. The van der Waals surface area contributed by atoms with E-state index in [9.17, 15) is 0 Å². The summed E-state index contributed by atoms with van der Waals surface area (Å²) in [6.07, 6.45) is 3.66. The monoisotopic (exact) mass is 434 g/mol. The van der Waals surface area contributed by atoms with Gasteiger partial charge < -0.3 is 14.6 Å². The van der Waals surface area contributed by atoms with Crippen LogP contribution in [0.25, 0.3) is 17.1 Å². The lowest BCUT2D eigenvalue weighted by atomic mass is 10.1. The number of aromatic nitrogens is 5. The molecule has 0 aliphatic rings. The minimum absolute atomic E-state index is 0.0623. The Morgan fingerprint density at radius 2 is 1.81 bits per heavy atom. The summed E-state index contributed by atoms with van der Waals surface area (Å²) in [6, 6.07) is 13.6. The van der Waals surface area contributed by atoms with Crippen molar-refractivity contribution in [3.05, 3.63) is 76.8 Å². The Labute approximate surface area is 186 Å². The van der Waals surface area contributed by atoms with Crippen molar-refractivity contribution in [1.29, 1.82) is 0 Å². The summed E-state index contributed by atoms with van der Waals surface area (Å²) in [4.78, 5) is 8.89.